The number of carbonyl (C=O) groups excluding carboxylic acids is 4. The van der Waals surface area contributed by atoms with Crippen molar-refractivity contribution in [1.29, 1.82) is 5.41 Å². The van der Waals surface area contributed by atoms with Gasteiger partial charge in [-0.3, -0.25) is 30.0 Å². The van der Waals surface area contributed by atoms with Crippen LogP contribution in [0, 0.1) is 11.3 Å². The molecule has 0 saturated carbocycles. The van der Waals surface area contributed by atoms with Gasteiger partial charge in [-0.15, -0.1) is 0 Å². The number of rotatable bonds is 14. The molecule has 3 aromatic carbocycles. The van der Waals surface area contributed by atoms with E-state index >= 15 is 0 Å². The number of carbonyl (C=O) groups is 4. The fourth-order valence-electron chi connectivity index (χ4n) is 9.32. The number of hydrogen-bond acceptors (Lipinski definition) is 12. The predicted octanol–water partition coefficient (Wildman–Crippen LogP) is 5.19. The Labute approximate surface area is 368 Å². The molecule has 16 heteroatoms. The van der Waals surface area contributed by atoms with Gasteiger partial charge in [0.15, 0.2) is 0 Å². The Morgan fingerprint density at radius 1 is 0.889 bits per heavy atom. The number of nitrogen functional groups attached to an aromatic ring is 1. The topological polar surface area (TPSA) is 193 Å². The minimum Gasteiger partial charge on any atom is -0.457 e. The SMILES string of the molecule is CCCC(C(=O)NC=O)N1Cc2cc(N3CCN(CC4CCN(C(=O)N5CCC(Nc6ncnc(N)c6C(=N)c6ccc(Oc7ccccc7)cc6)CC5)CC4)CC3)ccc2C1=O. The third-order valence-electron chi connectivity index (χ3n) is 12.9. The predicted molar refractivity (Wildman–Crippen MR) is 241 cm³/mol. The normalized spacial score (nSPS) is 17.9. The van der Waals surface area contributed by atoms with Gasteiger partial charge in [0.2, 0.25) is 12.3 Å². The number of amides is 5. The quantitative estimate of drug-likeness (QED) is 0.0964. The van der Waals surface area contributed by atoms with Crippen molar-refractivity contribution in [3.63, 3.8) is 0 Å². The number of imide groups is 1. The average Bonchev–Trinajstić information content (AvgIpc) is 3.63. The van der Waals surface area contributed by atoms with E-state index in [0.717, 1.165) is 88.5 Å². The highest BCUT2D eigenvalue weighted by molar-refractivity contribution is 6.16. The number of aromatic nitrogens is 2. The maximum Gasteiger partial charge on any atom is 0.320 e. The molecule has 4 aliphatic rings. The second-order valence-corrected chi connectivity index (χ2v) is 16.9. The Kier molecular flexibility index (Phi) is 13.5. The van der Waals surface area contributed by atoms with Crippen LogP contribution in [0.4, 0.5) is 22.1 Å². The molecule has 330 valence electrons. The van der Waals surface area contributed by atoms with Crippen molar-refractivity contribution in [3.8, 4) is 11.5 Å². The van der Waals surface area contributed by atoms with Crippen LogP contribution in [0.2, 0.25) is 0 Å². The molecule has 0 bridgehead atoms. The number of nitrogens with zero attached hydrogens (tertiary/aromatic N) is 7. The second-order valence-electron chi connectivity index (χ2n) is 16.9. The standard InChI is InChI=1S/C47H57N11O5/c1-2-6-40(45(60)52-31-59)58-29-34-27-36(11-14-39(34)46(58)61)55-25-23-54(24-26-55)28-32-15-19-56(20-16-32)47(62)57-21-17-35(18-22-57)53-44-41(43(49)50-30-51-44)42(48)33-9-12-38(13-10-33)63-37-7-4-3-5-8-37/h3-5,7-14,27,30-32,35,40,48H,2,6,15-26,28-29H2,1H3,(H,52,59,60)(H3,49,50,51,53). The molecule has 5 heterocycles. The van der Waals surface area contributed by atoms with Gasteiger partial charge in [-0.25, -0.2) is 14.8 Å². The lowest BCUT2D eigenvalue weighted by atomic mass is 9.96. The third kappa shape index (κ3) is 9.91. The summed E-state index contributed by atoms with van der Waals surface area (Å²) in [7, 11) is 0. The molecule has 63 heavy (non-hydrogen) atoms. The first-order valence-electron chi connectivity index (χ1n) is 22.2. The van der Waals surface area contributed by atoms with Crippen LogP contribution in [-0.2, 0) is 16.1 Å². The van der Waals surface area contributed by atoms with Crippen LogP contribution in [0.25, 0.3) is 0 Å². The van der Waals surface area contributed by atoms with Crippen LogP contribution in [0.1, 0.15) is 72.5 Å². The minimum atomic E-state index is -0.675. The molecule has 5 amide bonds. The summed E-state index contributed by atoms with van der Waals surface area (Å²) in [5.41, 5.74) is 10.3. The van der Waals surface area contributed by atoms with Crippen molar-refractivity contribution < 1.29 is 23.9 Å². The number of ether oxygens (including phenoxy) is 1. The summed E-state index contributed by atoms with van der Waals surface area (Å²) in [6, 6.07) is 22.3. The molecule has 3 saturated heterocycles. The van der Waals surface area contributed by atoms with E-state index in [-0.39, 0.29) is 29.5 Å². The maximum atomic E-state index is 13.7. The summed E-state index contributed by atoms with van der Waals surface area (Å²) >= 11 is 0. The molecule has 8 rings (SSSR count). The molecule has 4 aromatic rings. The number of anilines is 3. The van der Waals surface area contributed by atoms with Gasteiger partial charge in [0.05, 0.1) is 11.3 Å². The lowest BCUT2D eigenvalue weighted by Crippen LogP contribution is -2.52. The van der Waals surface area contributed by atoms with E-state index < -0.39 is 11.9 Å². The van der Waals surface area contributed by atoms with Crippen molar-refractivity contribution in [2.75, 3.05) is 74.9 Å². The van der Waals surface area contributed by atoms with Crippen molar-refractivity contribution in [2.24, 2.45) is 5.92 Å². The molecule has 16 nitrogen and oxygen atoms in total. The van der Waals surface area contributed by atoms with E-state index in [1.54, 1.807) is 4.90 Å². The van der Waals surface area contributed by atoms with E-state index in [9.17, 15) is 19.2 Å². The number of likely N-dealkylation sites (tertiary alicyclic amines) is 2. The summed E-state index contributed by atoms with van der Waals surface area (Å²) in [5, 5.41) is 14.8. The highest BCUT2D eigenvalue weighted by Crippen LogP contribution is 2.32. The number of benzene rings is 3. The monoisotopic (exact) mass is 855 g/mol. The number of nitrogens with one attached hydrogen (secondary N) is 3. The Morgan fingerprint density at radius 2 is 1.57 bits per heavy atom. The zero-order valence-corrected chi connectivity index (χ0v) is 35.9. The van der Waals surface area contributed by atoms with E-state index in [4.69, 9.17) is 15.9 Å². The second kappa shape index (κ2) is 19.7. The van der Waals surface area contributed by atoms with Crippen LogP contribution in [0.15, 0.2) is 79.1 Å². The zero-order chi connectivity index (χ0) is 43.9. The molecular weight excluding hydrogens is 799 g/mol. The van der Waals surface area contributed by atoms with Gasteiger partial charge in [0.25, 0.3) is 5.91 Å². The smallest absolute Gasteiger partial charge is 0.320 e. The van der Waals surface area contributed by atoms with Crippen LogP contribution in [0.5, 0.6) is 11.5 Å². The highest BCUT2D eigenvalue weighted by atomic mass is 16.5. The van der Waals surface area contributed by atoms with Crippen LogP contribution in [0.3, 0.4) is 0 Å². The number of piperazine rings is 1. The Balaban J connectivity index is 0.766. The Morgan fingerprint density at radius 3 is 2.25 bits per heavy atom. The van der Waals surface area contributed by atoms with Gasteiger partial charge in [-0.1, -0.05) is 31.5 Å². The van der Waals surface area contributed by atoms with Crippen LogP contribution in [-0.4, -0.2) is 131 Å². The number of fused-ring (bicyclic) bond motifs is 1. The van der Waals surface area contributed by atoms with Gasteiger partial charge in [-0.05, 0) is 98.2 Å². The number of hydrogen-bond donors (Lipinski definition) is 4. The molecule has 1 unspecified atom stereocenters. The average molecular weight is 856 g/mol. The van der Waals surface area contributed by atoms with Gasteiger partial charge < -0.3 is 35.4 Å². The summed E-state index contributed by atoms with van der Waals surface area (Å²) in [5.74, 6) is 2.07. The molecule has 3 fully saturated rings. The first-order valence-corrected chi connectivity index (χ1v) is 22.2. The number of para-hydroxylation sites is 1. The van der Waals surface area contributed by atoms with Gasteiger partial charge in [0, 0.05) is 88.3 Å². The van der Waals surface area contributed by atoms with E-state index in [1.165, 1.54) is 6.33 Å². The first kappa shape index (κ1) is 43.1. The minimum absolute atomic E-state index is 0.0629. The van der Waals surface area contributed by atoms with Gasteiger partial charge in [0.1, 0.15) is 35.5 Å². The molecule has 0 spiro atoms. The molecule has 4 aliphatic heterocycles. The van der Waals surface area contributed by atoms with Crippen molar-refractivity contribution >= 4 is 47.3 Å². The summed E-state index contributed by atoms with van der Waals surface area (Å²) in [6.07, 6.45) is 6.46. The van der Waals surface area contributed by atoms with Crippen molar-refractivity contribution in [3.05, 3.63) is 101 Å². The maximum absolute atomic E-state index is 13.7. The van der Waals surface area contributed by atoms with Gasteiger partial charge in [-0.2, -0.15) is 0 Å². The first-order chi connectivity index (χ1) is 30.7. The lowest BCUT2D eigenvalue weighted by Gasteiger charge is -2.41. The van der Waals surface area contributed by atoms with E-state index in [2.05, 4.69) is 36.5 Å². The number of urea groups is 1. The van der Waals surface area contributed by atoms with E-state index in [1.807, 2.05) is 83.5 Å². The summed E-state index contributed by atoms with van der Waals surface area (Å²) in [4.78, 5) is 69.6. The van der Waals surface area contributed by atoms with Crippen molar-refractivity contribution in [2.45, 2.75) is 64.1 Å². The fourth-order valence-corrected chi connectivity index (χ4v) is 9.32. The third-order valence-corrected chi connectivity index (χ3v) is 12.9. The van der Waals surface area contributed by atoms with E-state index in [0.29, 0.717) is 73.1 Å². The largest absolute Gasteiger partial charge is 0.457 e. The van der Waals surface area contributed by atoms with Gasteiger partial charge >= 0.3 is 6.03 Å². The molecule has 1 aromatic heterocycles. The fraction of sp³-hybridized carbons (Fsp3) is 0.426. The number of piperidine rings is 2. The van der Waals surface area contributed by atoms with Crippen molar-refractivity contribution in [1.82, 2.24) is 34.9 Å². The molecule has 5 N–H and O–H groups in total. The highest BCUT2D eigenvalue weighted by Gasteiger charge is 2.37. The summed E-state index contributed by atoms with van der Waals surface area (Å²) in [6.45, 7) is 9.75. The number of nitrogens with two attached hydrogens (primary N) is 1. The molecule has 0 aliphatic carbocycles. The Hall–Kier alpha value is -6.55. The van der Waals surface area contributed by atoms with Crippen LogP contribution >= 0.6 is 0 Å². The Bertz CT molecular complexity index is 2270. The molecule has 1 atom stereocenters. The molecular formula is C47H57N11O5. The zero-order valence-electron chi connectivity index (χ0n) is 35.9. The summed E-state index contributed by atoms with van der Waals surface area (Å²) < 4.78 is 5.92. The van der Waals surface area contributed by atoms with Crippen LogP contribution < -0.4 is 26.0 Å². The lowest BCUT2D eigenvalue weighted by molar-refractivity contribution is -0.129. The molecule has 0 radical (unpaired) electrons.